The van der Waals surface area contributed by atoms with Gasteiger partial charge in [0.15, 0.2) is 11.6 Å². The second kappa shape index (κ2) is 6.00. The SMILES string of the molecule is Cc1ccc([C@H]2SCCN2C(=O)Nc2ccc(F)c(F)c2)o1. The normalized spacial score (nSPS) is 17.8. The number of nitrogens with one attached hydrogen (secondary N) is 1. The molecular formula is C15H14F2N2O2S. The number of benzene rings is 1. The maximum atomic E-state index is 13.2. The quantitative estimate of drug-likeness (QED) is 0.903. The van der Waals surface area contributed by atoms with Crippen molar-refractivity contribution >= 4 is 23.5 Å². The topological polar surface area (TPSA) is 45.5 Å². The van der Waals surface area contributed by atoms with Gasteiger partial charge in [-0.15, -0.1) is 11.8 Å². The van der Waals surface area contributed by atoms with E-state index < -0.39 is 11.6 Å². The summed E-state index contributed by atoms with van der Waals surface area (Å²) in [6, 6.07) is 6.59. The summed E-state index contributed by atoms with van der Waals surface area (Å²) >= 11 is 1.60. The fourth-order valence-corrected chi connectivity index (χ4v) is 3.47. The fourth-order valence-electron chi connectivity index (χ4n) is 2.27. The molecule has 0 unspecified atom stereocenters. The Kier molecular flexibility index (Phi) is 4.06. The van der Waals surface area contributed by atoms with Crippen LogP contribution < -0.4 is 5.32 Å². The van der Waals surface area contributed by atoms with Crippen LogP contribution in [0.15, 0.2) is 34.7 Å². The number of nitrogens with zero attached hydrogens (tertiary/aromatic N) is 1. The van der Waals surface area contributed by atoms with Gasteiger partial charge in [-0.3, -0.25) is 0 Å². The number of halogens is 2. The van der Waals surface area contributed by atoms with E-state index in [0.717, 1.165) is 23.6 Å². The van der Waals surface area contributed by atoms with Crippen LogP contribution in [0, 0.1) is 18.6 Å². The highest BCUT2D eigenvalue weighted by Crippen LogP contribution is 2.38. The van der Waals surface area contributed by atoms with E-state index in [0.29, 0.717) is 12.3 Å². The lowest BCUT2D eigenvalue weighted by Gasteiger charge is -2.22. The molecule has 1 atom stereocenters. The zero-order valence-electron chi connectivity index (χ0n) is 11.8. The zero-order chi connectivity index (χ0) is 15.7. The van der Waals surface area contributed by atoms with E-state index in [-0.39, 0.29) is 17.1 Å². The van der Waals surface area contributed by atoms with Crippen molar-refractivity contribution in [2.45, 2.75) is 12.3 Å². The van der Waals surface area contributed by atoms with E-state index in [9.17, 15) is 13.6 Å². The van der Waals surface area contributed by atoms with Gasteiger partial charge >= 0.3 is 6.03 Å². The molecule has 7 heteroatoms. The fraction of sp³-hybridized carbons (Fsp3) is 0.267. The van der Waals surface area contributed by atoms with E-state index >= 15 is 0 Å². The number of hydrogen-bond donors (Lipinski definition) is 1. The minimum atomic E-state index is -0.994. The van der Waals surface area contributed by atoms with Gasteiger partial charge in [0.1, 0.15) is 16.9 Å². The van der Waals surface area contributed by atoms with Gasteiger partial charge in [0.25, 0.3) is 0 Å². The summed E-state index contributed by atoms with van der Waals surface area (Å²) in [4.78, 5) is 14.0. The second-order valence-electron chi connectivity index (χ2n) is 4.92. The van der Waals surface area contributed by atoms with Gasteiger partial charge in [0.2, 0.25) is 0 Å². The third-order valence-corrected chi connectivity index (χ3v) is 4.55. The van der Waals surface area contributed by atoms with Crippen LogP contribution in [0.4, 0.5) is 19.3 Å². The summed E-state index contributed by atoms with van der Waals surface area (Å²) in [5.74, 6) is 0.338. The highest BCUT2D eigenvalue weighted by atomic mass is 32.2. The third-order valence-electron chi connectivity index (χ3n) is 3.33. The zero-order valence-corrected chi connectivity index (χ0v) is 12.6. The first kappa shape index (κ1) is 14.9. The Hall–Kier alpha value is -2.02. The summed E-state index contributed by atoms with van der Waals surface area (Å²) in [6.07, 6.45) is 0. The van der Waals surface area contributed by atoms with Gasteiger partial charge in [-0.25, -0.2) is 13.6 Å². The van der Waals surface area contributed by atoms with Crippen LogP contribution in [0.25, 0.3) is 0 Å². The monoisotopic (exact) mass is 324 g/mol. The average Bonchev–Trinajstić information content (AvgIpc) is 3.11. The van der Waals surface area contributed by atoms with Crippen molar-refractivity contribution in [3.05, 3.63) is 53.5 Å². The van der Waals surface area contributed by atoms with Gasteiger partial charge in [-0.2, -0.15) is 0 Å². The molecule has 2 aromatic rings. The molecule has 0 saturated carbocycles. The van der Waals surface area contributed by atoms with Gasteiger partial charge < -0.3 is 14.6 Å². The van der Waals surface area contributed by atoms with Crippen LogP contribution in [-0.2, 0) is 0 Å². The number of carbonyl (C=O) groups excluding carboxylic acids is 1. The predicted molar refractivity (Wildman–Crippen MR) is 80.7 cm³/mol. The van der Waals surface area contributed by atoms with E-state index in [4.69, 9.17) is 4.42 Å². The smallest absolute Gasteiger partial charge is 0.323 e. The maximum absolute atomic E-state index is 13.2. The molecule has 1 aliphatic rings. The van der Waals surface area contributed by atoms with Crippen LogP contribution in [0.5, 0.6) is 0 Å². The minimum Gasteiger partial charge on any atom is -0.463 e. The Labute approximate surface area is 130 Å². The number of furan rings is 1. The molecule has 0 spiro atoms. The highest BCUT2D eigenvalue weighted by molar-refractivity contribution is 7.99. The first-order valence-corrected chi connectivity index (χ1v) is 7.80. The van der Waals surface area contributed by atoms with Crippen molar-refractivity contribution in [1.29, 1.82) is 0 Å². The second-order valence-corrected chi connectivity index (χ2v) is 6.11. The lowest BCUT2D eigenvalue weighted by molar-refractivity contribution is 0.209. The Morgan fingerprint density at radius 3 is 2.82 bits per heavy atom. The number of amides is 2. The number of carbonyl (C=O) groups is 1. The molecule has 2 amide bonds. The molecule has 1 aromatic heterocycles. The standard InChI is InChI=1S/C15H14F2N2O2S/c1-9-2-5-13(21-9)14-19(6-7-22-14)15(20)18-10-3-4-11(16)12(17)8-10/h2-5,8,14H,6-7H2,1H3,(H,18,20)/t14-/m1/s1. The Balaban J connectivity index is 1.74. The molecule has 4 nitrogen and oxygen atoms in total. The van der Waals surface area contributed by atoms with Crippen LogP contribution in [0.2, 0.25) is 0 Å². The van der Waals surface area contributed by atoms with Crippen molar-refractivity contribution in [3.8, 4) is 0 Å². The van der Waals surface area contributed by atoms with Crippen molar-refractivity contribution in [2.75, 3.05) is 17.6 Å². The van der Waals surface area contributed by atoms with Gasteiger partial charge in [-0.1, -0.05) is 0 Å². The summed E-state index contributed by atoms with van der Waals surface area (Å²) in [7, 11) is 0. The summed E-state index contributed by atoms with van der Waals surface area (Å²) in [5.41, 5.74) is 0.218. The molecule has 0 aliphatic carbocycles. The van der Waals surface area contributed by atoms with E-state index in [2.05, 4.69) is 5.32 Å². The first-order chi connectivity index (χ1) is 10.5. The van der Waals surface area contributed by atoms with Crippen molar-refractivity contribution in [1.82, 2.24) is 4.90 Å². The van der Waals surface area contributed by atoms with Crippen LogP contribution in [0.3, 0.4) is 0 Å². The largest absolute Gasteiger partial charge is 0.463 e. The molecule has 116 valence electrons. The maximum Gasteiger partial charge on any atom is 0.323 e. The number of anilines is 1. The number of thioether (sulfide) groups is 1. The van der Waals surface area contributed by atoms with Crippen molar-refractivity contribution in [3.63, 3.8) is 0 Å². The van der Waals surface area contributed by atoms with Crippen LogP contribution in [0.1, 0.15) is 16.9 Å². The van der Waals surface area contributed by atoms with Crippen molar-refractivity contribution < 1.29 is 18.0 Å². The molecule has 0 radical (unpaired) electrons. The predicted octanol–water partition coefficient (Wildman–Crippen LogP) is 4.15. The molecule has 1 aromatic carbocycles. The molecule has 0 bridgehead atoms. The Bertz CT molecular complexity index is 705. The minimum absolute atomic E-state index is 0.209. The first-order valence-electron chi connectivity index (χ1n) is 6.75. The Morgan fingerprint density at radius 1 is 1.32 bits per heavy atom. The summed E-state index contributed by atoms with van der Waals surface area (Å²) < 4.78 is 31.7. The third kappa shape index (κ3) is 2.94. The Morgan fingerprint density at radius 2 is 2.14 bits per heavy atom. The van der Waals surface area contributed by atoms with Gasteiger partial charge in [-0.05, 0) is 31.2 Å². The number of aryl methyl sites for hydroxylation is 1. The molecule has 1 aliphatic heterocycles. The van der Waals surface area contributed by atoms with Gasteiger partial charge in [0.05, 0.1) is 0 Å². The summed E-state index contributed by atoms with van der Waals surface area (Å²) in [6.45, 7) is 2.40. The molecule has 3 rings (SSSR count). The molecule has 1 fully saturated rings. The van der Waals surface area contributed by atoms with E-state index in [1.54, 1.807) is 16.7 Å². The van der Waals surface area contributed by atoms with Crippen molar-refractivity contribution in [2.24, 2.45) is 0 Å². The number of rotatable bonds is 2. The van der Waals surface area contributed by atoms with E-state index in [1.807, 2.05) is 19.1 Å². The average molecular weight is 324 g/mol. The molecule has 1 saturated heterocycles. The van der Waals surface area contributed by atoms with E-state index in [1.165, 1.54) is 6.07 Å². The molecule has 22 heavy (non-hydrogen) atoms. The highest BCUT2D eigenvalue weighted by Gasteiger charge is 2.32. The molecule has 1 N–H and O–H groups in total. The molecular weight excluding hydrogens is 310 g/mol. The lowest BCUT2D eigenvalue weighted by Crippen LogP contribution is -2.34. The van der Waals surface area contributed by atoms with Gasteiger partial charge in [0, 0.05) is 24.1 Å². The lowest BCUT2D eigenvalue weighted by atomic mass is 10.3. The van der Waals surface area contributed by atoms with Crippen LogP contribution >= 0.6 is 11.8 Å². The van der Waals surface area contributed by atoms with Crippen LogP contribution in [-0.4, -0.2) is 23.2 Å². The molecule has 2 heterocycles. The number of urea groups is 1. The summed E-state index contributed by atoms with van der Waals surface area (Å²) in [5, 5.41) is 2.37. The number of hydrogen-bond acceptors (Lipinski definition) is 3.